The average molecular weight is 311 g/mol. The molecule has 3 nitrogen and oxygen atoms in total. The van der Waals surface area contributed by atoms with Crippen molar-refractivity contribution in [3.05, 3.63) is 28.8 Å². The van der Waals surface area contributed by atoms with Crippen molar-refractivity contribution in [3.63, 3.8) is 0 Å². The first kappa shape index (κ1) is 16.6. The van der Waals surface area contributed by atoms with Crippen LogP contribution in [-0.4, -0.2) is 32.3 Å². The summed E-state index contributed by atoms with van der Waals surface area (Å²) in [5.41, 5.74) is 2.43. The van der Waals surface area contributed by atoms with Crippen molar-refractivity contribution in [3.8, 4) is 0 Å². The molecule has 21 heavy (non-hydrogen) atoms. The van der Waals surface area contributed by atoms with Gasteiger partial charge < -0.3 is 15.0 Å². The van der Waals surface area contributed by atoms with E-state index in [4.69, 9.17) is 16.3 Å². The van der Waals surface area contributed by atoms with Gasteiger partial charge in [-0.3, -0.25) is 0 Å². The van der Waals surface area contributed by atoms with E-state index in [1.807, 2.05) is 12.1 Å². The highest BCUT2D eigenvalue weighted by atomic mass is 35.5. The normalized spacial score (nSPS) is 22.9. The third-order valence-electron chi connectivity index (χ3n) is 4.28. The highest BCUT2D eigenvalue weighted by Gasteiger charge is 2.28. The lowest BCUT2D eigenvalue weighted by atomic mass is 9.95. The highest BCUT2D eigenvalue weighted by Crippen LogP contribution is 2.33. The molecule has 0 bridgehead atoms. The van der Waals surface area contributed by atoms with Crippen LogP contribution in [0, 0.1) is 5.92 Å². The zero-order valence-corrected chi connectivity index (χ0v) is 14.3. The van der Waals surface area contributed by atoms with Crippen molar-refractivity contribution in [1.82, 2.24) is 5.32 Å². The van der Waals surface area contributed by atoms with Crippen molar-refractivity contribution in [2.75, 3.05) is 25.1 Å². The van der Waals surface area contributed by atoms with Crippen molar-refractivity contribution in [2.45, 2.75) is 45.9 Å². The van der Waals surface area contributed by atoms with Gasteiger partial charge >= 0.3 is 0 Å². The molecule has 1 heterocycles. The van der Waals surface area contributed by atoms with Crippen LogP contribution in [0.2, 0.25) is 5.02 Å². The number of benzene rings is 1. The second-order valence-electron chi connectivity index (χ2n) is 6.27. The predicted octanol–water partition coefficient (Wildman–Crippen LogP) is 3.70. The van der Waals surface area contributed by atoms with Crippen LogP contribution in [0.5, 0.6) is 0 Å². The van der Waals surface area contributed by atoms with Gasteiger partial charge in [-0.1, -0.05) is 44.5 Å². The summed E-state index contributed by atoms with van der Waals surface area (Å²) >= 11 is 6.50. The van der Waals surface area contributed by atoms with E-state index in [9.17, 15) is 0 Å². The molecule has 0 spiro atoms. The van der Waals surface area contributed by atoms with Crippen molar-refractivity contribution in [1.29, 1.82) is 0 Å². The Bertz CT molecular complexity index is 464. The summed E-state index contributed by atoms with van der Waals surface area (Å²) < 4.78 is 5.63. The van der Waals surface area contributed by atoms with Crippen LogP contribution in [-0.2, 0) is 11.3 Å². The summed E-state index contributed by atoms with van der Waals surface area (Å²) in [4.78, 5) is 2.38. The van der Waals surface area contributed by atoms with Crippen LogP contribution in [0.4, 0.5) is 5.69 Å². The average Bonchev–Trinajstić information content (AvgIpc) is 2.46. The number of ether oxygens (including phenoxy) is 1. The third-order valence-corrected chi connectivity index (χ3v) is 4.58. The molecule has 1 N–H and O–H groups in total. The Hall–Kier alpha value is -0.770. The van der Waals surface area contributed by atoms with Crippen LogP contribution in [0.1, 0.15) is 32.8 Å². The van der Waals surface area contributed by atoms with Crippen molar-refractivity contribution in [2.24, 2.45) is 5.92 Å². The van der Waals surface area contributed by atoms with E-state index >= 15 is 0 Å². The Balaban J connectivity index is 2.21. The van der Waals surface area contributed by atoms with Crippen LogP contribution in [0.25, 0.3) is 0 Å². The number of anilines is 1. The highest BCUT2D eigenvalue weighted by molar-refractivity contribution is 6.33. The summed E-state index contributed by atoms with van der Waals surface area (Å²) in [6, 6.07) is 6.64. The first-order valence-electron chi connectivity index (χ1n) is 7.81. The molecule has 1 fully saturated rings. The van der Waals surface area contributed by atoms with Crippen LogP contribution < -0.4 is 10.2 Å². The smallest absolute Gasteiger partial charge is 0.0772 e. The van der Waals surface area contributed by atoms with E-state index in [0.717, 1.165) is 31.1 Å². The Labute approximate surface area is 133 Å². The molecule has 0 aliphatic carbocycles. The molecule has 4 heteroatoms. The van der Waals surface area contributed by atoms with Gasteiger partial charge in [-0.2, -0.15) is 0 Å². The standard InChI is InChI=1S/C17H27ClN2O/c1-12(2)19-10-14-6-5-7-15(18)17(14)20-9-8-13(3)16(11-20)21-4/h5-7,12-13,16,19H,8-11H2,1-4H3. The predicted molar refractivity (Wildman–Crippen MR) is 90.2 cm³/mol. The van der Waals surface area contributed by atoms with Gasteiger partial charge in [0.15, 0.2) is 0 Å². The first-order chi connectivity index (χ1) is 10.0. The molecule has 0 radical (unpaired) electrons. The first-order valence-corrected chi connectivity index (χ1v) is 8.19. The fourth-order valence-corrected chi connectivity index (χ4v) is 3.23. The zero-order chi connectivity index (χ0) is 15.4. The number of hydrogen-bond acceptors (Lipinski definition) is 3. The molecule has 118 valence electrons. The lowest BCUT2D eigenvalue weighted by molar-refractivity contribution is 0.0498. The number of nitrogens with zero attached hydrogens (tertiary/aromatic N) is 1. The minimum absolute atomic E-state index is 0.279. The number of methoxy groups -OCH3 is 1. The Kier molecular flexibility index (Phi) is 5.91. The third kappa shape index (κ3) is 4.12. The summed E-state index contributed by atoms with van der Waals surface area (Å²) in [6.07, 6.45) is 1.42. The SMILES string of the molecule is COC1CN(c2c(Cl)cccc2CNC(C)C)CCC1C. The molecule has 0 amide bonds. The van der Waals surface area contributed by atoms with Gasteiger partial charge in [0, 0.05) is 32.8 Å². The minimum Gasteiger partial charge on any atom is -0.379 e. The number of piperidine rings is 1. The second kappa shape index (κ2) is 7.48. The maximum absolute atomic E-state index is 6.50. The molecule has 0 aromatic heterocycles. The molecule has 1 aliphatic heterocycles. The van der Waals surface area contributed by atoms with Gasteiger partial charge in [0.1, 0.15) is 0 Å². The molecule has 2 atom stereocenters. The Morgan fingerprint density at radius 1 is 1.43 bits per heavy atom. The van der Waals surface area contributed by atoms with Gasteiger partial charge in [-0.05, 0) is 24.0 Å². The van der Waals surface area contributed by atoms with Gasteiger partial charge in [-0.15, -0.1) is 0 Å². The molecule has 1 aromatic carbocycles. The summed E-state index contributed by atoms with van der Waals surface area (Å²) in [6.45, 7) is 9.38. The van der Waals surface area contributed by atoms with Crippen molar-refractivity contribution >= 4 is 17.3 Å². The fraction of sp³-hybridized carbons (Fsp3) is 0.647. The zero-order valence-electron chi connectivity index (χ0n) is 13.5. The van der Waals surface area contributed by atoms with Crippen LogP contribution in [0.15, 0.2) is 18.2 Å². The van der Waals surface area contributed by atoms with E-state index in [-0.39, 0.29) is 6.10 Å². The largest absolute Gasteiger partial charge is 0.379 e. The van der Waals surface area contributed by atoms with Crippen LogP contribution >= 0.6 is 11.6 Å². The monoisotopic (exact) mass is 310 g/mol. The van der Waals surface area contributed by atoms with E-state index < -0.39 is 0 Å². The number of para-hydroxylation sites is 1. The lowest BCUT2D eigenvalue weighted by Gasteiger charge is -2.39. The van der Waals surface area contributed by atoms with E-state index in [2.05, 4.69) is 37.1 Å². The second-order valence-corrected chi connectivity index (χ2v) is 6.68. The summed E-state index contributed by atoms with van der Waals surface area (Å²) in [5, 5.41) is 4.32. The number of halogens is 1. The van der Waals surface area contributed by atoms with Gasteiger partial charge in [0.25, 0.3) is 0 Å². The topological polar surface area (TPSA) is 24.5 Å². The fourth-order valence-electron chi connectivity index (χ4n) is 2.91. The molecular weight excluding hydrogens is 284 g/mol. The Morgan fingerprint density at radius 2 is 2.19 bits per heavy atom. The lowest BCUT2D eigenvalue weighted by Crippen LogP contribution is -2.44. The quantitative estimate of drug-likeness (QED) is 0.897. The molecule has 1 saturated heterocycles. The minimum atomic E-state index is 0.279. The summed E-state index contributed by atoms with van der Waals surface area (Å²) in [7, 11) is 1.80. The number of nitrogens with one attached hydrogen (secondary N) is 1. The number of hydrogen-bond donors (Lipinski definition) is 1. The molecular formula is C17H27ClN2O. The van der Waals surface area contributed by atoms with E-state index in [1.54, 1.807) is 7.11 Å². The van der Waals surface area contributed by atoms with E-state index in [0.29, 0.717) is 12.0 Å². The summed E-state index contributed by atoms with van der Waals surface area (Å²) in [5.74, 6) is 0.603. The maximum Gasteiger partial charge on any atom is 0.0772 e. The molecule has 1 aliphatic rings. The van der Waals surface area contributed by atoms with Gasteiger partial charge in [0.05, 0.1) is 16.8 Å². The van der Waals surface area contributed by atoms with Gasteiger partial charge in [-0.25, -0.2) is 0 Å². The Morgan fingerprint density at radius 3 is 2.86 bits per heavy atom. The number of rotatable bonds is 5. The molecule has 1 aromatic rings. The van der Waals surface area contributed by atoms with Crippen molar-refractivity contribution < 1.29 is 4.74 Å². The molecule has 2 rings (SSSR count). The maximum atomic E-state index is 6.50. The molecule has 2 unspecified atom stereocenters. The molecule has 0 saturated carbocycles. The van der Waals surface area contributed by atoms with Crippen LogP contribution in [0.3, 0.4) is 0 Å². The van der Waals surface area contributed by atoms with E-state index in [1.165, 1.54) is 11.3 Å². The van der Waals surface area contributed by atoms with Gasteiger partial charge in [0.2, 0.25) is 0 Å².